The first-order chi connectivity index (χ1) is 12.6. The van der Waals surface area contributed by atoms with Crippen LogP contribution in [0, 0.1) is 11.8 Å². The van der Waals surface area contributed by atoms with Gasteiger partial charge >= 0.3 is 5.97 Å². The highest BCUT2D eigenvalue weighted by Gasteiger charge is 2.27. The number of aromatic carboxylic acids is 1. The number of aryl methyl sites for hydroxylation is 1. The normalized spacial score (nSPS) is 11.9. The first-order valence-corrected chi connectivity index (χ1v) is 9.16. The summed E-state index contributed by atoms with van der Waals surface area (Å²) < 4.78 is 7.41. The highest BCUT2D eigenvalue weighted by Crippen LogP contribution is 2.43. The van der Waals surface area contributed by atoms with Crippen molar-refractivity contribution in [2.24, 2.45) is 0 Å². The molecule has 3 aromatic rings. The molecule has 3 heterocycles. The summed E-state index contributed by atoms with van der Waals surface area (Å²) in [5.41, 5.74) is 5.24. The molecule has 4 rings (SSSR count). The van der Waals surface area contributed by atoms with Gasteiger partial charge in [0.05, 0.1) is 18.4 Å². The smallest absolute Gasteiger partial charge is 0.352 e. The van der Waals surface area contributed by atoms with Gasteiger partial charge in [-0.3, -0.25) is 0 Å². The van der Waals surface area contributed by atoms with E-state index in [2.05, 4.69) is 11.8 Å². The minimum absolute atomic E-state index is 0.327. The number of aromatic nitrogens is 1. The summed E-state index contributed by atoms with van der Waals surface area (Å²) in [5, 5.41) is 11.7. The van der Waals surface area contributed by atoms with Crippen LogP contribution in [0.15, 0.2) is 35.7 Å². The Morgan fingerprint density at radius 3 is 2.81 bits per heavy atom. The molecular weight excluding hydrogens is 346 g/mol. The van der Waals surface area contributed by atoms with Gasteiger partial charge in [0.15, 0.2) is 0 Å². The van der Waals surface area contributed by atoms with Gasteiger partial charge in [-0.05, 0) is 48.6 Å². The van der Waals surface area contributed by atoms with E-state index in [4.69, 9.17) is 4.74 Å². The van der Waals surface area contributed by atoms with Gasteiger partial charge in [-0.15, -0.1) is 17.3 Å². The van der Waals surface area contributed by atoms with Crippen LogP contribution >= 0.6 is 11.3 Å². The monoisotopic (exact) mass is 363 g/mol. The van der Waals surface area contributed by atoms with Gasteiger partial charge in [-0.25, -0.2) is 4.79 Å². The SMILES string of the molecule is CC#Cc1cc2c(cc1OC)CCn1c(C(=O)O)cc(-c3cccs3)c1-2. The Labute approximate surface area is 155 Å². The van der Waals surface area contributed by atoms with Gasteiger partial charge in [0.2, 0.25) is 0 Å². The van der Waals surface area contributed by atoms with Gasteiger partial charge in [-0.2, -0.15) is 0 Å². The Hall–Kier alpha value is -2.97. The zero-order valence-electron chi connectivity index (χ0n) is 14.5. The van der Waals surface area contributed by atoms with Crippen molar-refractivity contribution in [3.8, 4) is 39.3 Å². The van der Waals surface area contributed by atoms with Gasteiger partial charge in [0.25, 0.3) is 0 Å². The average Bonchev–Trinajstić information content (AvgIpc) is 3.28. The van der Waals surface area contributed by atoms with E-state index in [-0.39, 0.29) is 0 Å². The van der Waals surface area contributed by atoms with E-state index in [1.807, 2.05) is 34.2 Å². The van der Waals surface area contributed by atoms with E-state index in [1.54, 1.807) is 31.4 Å². The predicted octanol–water partition coefficient (Wildman–Crippen LogP) is 4.52. The third kappa shape index (κ3) is 2.51. The lowest BCUT2D eigenvalue weighted by Gasteiger charge is -2.23. The summed E-state index contributed by atoms with van der Waals surface area (Å²) >= 11 is 1.61. The van der Waals surface area contributed by atoms with Crippen LogP contribution in [0.5, 0.6) is 5.75 Å². The molecule has 0 fully saturated rings. The van der Waals surface area contributed by atoms with Gasteiger partial charge in [0.1, 0.15) is 11.4 Å². The van der Waals surface area contributed by atoms with E-state index in [0.29, 0.717) is 12.2 Å². The van der Waals surface area contributed by atoms with Crippen molar-refractivity contribution in [2.75, 3.05) is 7.11 Å². The molecule has 5 heteroatoms. The van der Waals surface area contributed by atoms with Crippen LogP contribution in [0.1, 0.15) is 28.5 Å². The molecule has 1 N–H and O–H groups in total. The standard InChI is InChI=1S/C21H17NO3S/c1-3-5-14-10-15-13(11-18(14)25-2)7-8-22-17(21(23)24)12-16(20(15)22)19-6-4-9-26-19/h4,6,9-12H,7-8H2,1-2H3,(H,23,24). The zero-order valence-corrected chi connectivity index (χ0v) is 15.3. The molecule has 2 aromatic heterocycles. The van der Waals surface area contributed by atoms with Crippen molar-refractivity contribution in [2.45, 2.75) is 19.9 Å². The Morgan fingerprint density at radius 1 is 1.31 bits per heavy atom. The van der Waals surface area contributed by atoms with Gasteiger partial charge < -0.3 is 14.4 Å². The number of thiophene rings is 1. The summed E-state index contributed by atoms with van der Waals surface area (Å²) in [6, 6.07) is 9.85. The van der Waals surface area contributed by atoms with Crippen molar-refractivity contribution >= 4 is 17.3 Å². The highest BCUT2D eigenvalue weighted by atomic mass is 32.1. The molecule has 1 aromatic carbocycles. The van der Waals surface area contributed by atoms with Crippen molar-refractivity contribution in [3.63, 3.8) is 0 Å². The van der Waals surface area contributed by atoms with Crippen LogP contribution in [0.3, 0.4) is 0 Å². The number of fused-ring (bicyclic) bond motifs is 3. The minimum Gasteiger partial charge on any atom is -0.495 e. The van der Waals surface area contributed by atoms with E-state index in [1.165, 1.54) is 0 Å². The number of carboxylic acid groups (broad SMARTS) is 1. The van der Waals surface area contributed by atoms with E-state index >= 15 is 0 Å². The Kier molecular flexibility index (Phi) is 4.06. The summed E-state index contributed by atoms with van der Waals surface area (Å²) in [6.07, 6.45) is 0.761. The quantitative estimate of drug-likeness (QED) is 0.696. The molecule has 0 bridgehead atoms. The molecule has 1 aliphatic rings. The molecule has 4 nitrogen and oxygen atoms in total. The lowest BCUT2D eigenvalue weighted by atomic mass is 9.93. The molecule has 0 saturated carbocycles. The average molecular weight is 363 g/mol. The number of nitrogens with zero attached hydrogens (tertiary/aromatic N) is 1. The lowest BCUT2D eigenvalue weighted by molar-refractivity contribution is 0.0685. The summed E-state index contributed by atoms with van der Waals surface area (Å²) in [7, 11) is 1.65. The number of rotatable bonds is 3. The molecule has 1 aliphatic heterocycles. The number of hydrogen-bond donors (Lipinski definition) is 1. The van der Waals surface area contributed by atoms with E-state index in [0.717, 1.165) is 45.0 Å². The number of ether oxygens (including phenoxy) is 1. The largest absolute Gasteiger partial charge is 0.495 e. The first kappa shape index (κ1) is 16.5. The maximum Gasteiger partial charge on any atom is 0.352 e. The molecule has 0 amide bonds. The van der Waals surface area contributed by atoms with Crippen LogP contribution in [-0.2, 0) is 13.0 Å². The fourth-order valence-electron chi connectivity index (χ4n) is 3.55. The minimum atomic E-state index is -0.903. The Bertz CT molecular complexity index is 1070. The third-order valence-corrected chi connectivity index (χ3v) is 5.55. The molecule has 130 valence electrons. The number of carbonyl (C=O) groups is 1. The summed E-state index contributed by atoms with van der Waals surface area (Å²) in [4.78, 5) is 12.8. The molecule has 26 heavy (non-hydrogen) atoms. The summed E-state index contributed by atoms with van der Waals surface area (Å²) in [6.45, 7) is 2.43. The van der Waals surface area contributed by atoms with Crippen LogP contribution in [-0.4, -0.2) is 22.8 Å². The summed E-state index contributed by atoms with van der Waals surface area (Å²) in [5.74, 6) is 5.88. The maximum atomic E-state index is 11.8. The molecular formula is C21H17NO3S. The second-order valence-electron chi connectivity index (χ2n) is 6.06. The van der Waals surface area contributed by atoms with Crippen molar-refractivity contribution < 1.29 is 14.6 Å². The predicted molar refractivity (Wildman–Crippen MR) is 103 cm³/mol. The highest BCUT2D eigenvalue weighted by molar-refractivity contribution is 7.13. The molecule has 0 radical (unpaired) electrons. The third-order valence-electron chi connectivity index (χ3n) is 4.65. The van der Waals surface area contributed by atoms with Crippen LogP contribution in [0.2, 0.25) is 0 Å². The molecule has 0 atom stereocenters. The molecule has 0 unspecified atom stereocenters. The number of carboxylic acids is 1. The topological polar surface area (TPSA) is 51.5 Å². The Morgan fingerprint density at radius 2 is 2.15 bits per heavy atom. The van der Waals surface area contributed by atoms with E-state index in [9.17, 15) is 9.90 Å². The van der Waals surface area contributed by atoms with Crippen LogP contribution in [0.4, 0.5) is 0 Å². The van der Waals surface area contributed by atoms with Crippen LogP contribution in [0.25, 0.3) is 21.7 Å². The fraction of sp³-hybridized carbons (Fsp3) is 0.190. The second-order valence-corrected chi connectivity index (χ2v) is 7.01. The maximum absolute atomic E-state index is 11.8. The first-order valence-electron chi connectivity index (χ1n) is 8.28. The lowest BCUT2D eigenvalue weighted by Crippen LogP contribution is -2.16. The second kappa shape index (κ2) is 6.40. The number of hydrogen-bond acceptors (Lipinski definition) is 3. The molecule has 0 saturated heterocycles. The zero-order chi connectivity index (χ0) is 18.3. The number of benzene rings is 1. The fourth-order valence-corrected chi connectivity index (χ4v) is 4.29. The van der Waals surface area contributed by atoms with E-state index < -0.39 is 5.97 Å². The van der Waals surface area contributed by atoms with Crippen molar-refractivity contribution in [1.29, 1.82) is 0 Å². The van der Waals surface area contributed by atoms with Crippen molar-refractivity contribution in [3.05, 3.63) is 52.5 Å². The van der Waals surface area contributed by atoms with Crippen LogP contribution < -0.4 is 4.74 Å². The Balaban J connectivity index is 2.03. The number of methoxy groups -OCH3 is 1. The molecule has 0 aliphatic carbocycles. The molecule has 0 spiro atoms. The van der Waals surface area contributed by atoms with Gasteiger partial charge in [0, 0.05) is 22.5 Å². The van der Waals surface area contributed by atoms with Crippen molar-refractivity contribution in [1.82, 2.24) is 4.57 Å². The van der Waals surface area contributed by atoms with Gasteiger partial charge in [-0.1, -0.05) is 12.0 Å².